The lowest BCUT2D eigenvalue weighted by Gasteiger charge is -2.29. The van der Waals surface area contributed by atoms with Gasteiger partial charge in [0.15, 0.2) is 6.61 Å². The molecule has 0 fully saturated rings. The summed E-state index contributed by atoms with van der Waals surface area (Å²) >= 11 is 0. The van der Waals surface area contributed by atoms with Crippen molar-refractivity contribution in [3.05, 3.63) is 65.5 Å². The standard InChI is InChI=1S/C23H29FN2O3/c1-5-17(3)25-23(28)18(4)26(14-19-8-6-7-16(2)13-19)22(27)15-29-21-11-9-20(24)10-12-21/h6-13,17-18H,5,14-15H2,1-4H3,(H,25,28)/t17-,18+/m0/s1. The second-order valence-corrected chi connectivity index (χ2v) is 7.25. The van der Waals surface area contributed by atoms with Crippen LogP contribution in [0.2, 0.25) is 0 Å². The Morgan fingerprint density at radius 3 is 2.45 bits per heavy atom. The quantitative estimate of drug-likeness (QED) is 0.696. The number of benzene rings is 2. The van der Waals surface area contributed by atoms with E-state index in [1.807, 2.05) is 45.0 Å². The molecule has 0 bridgehead atoms. The molecule has 2 amide bonds. The first-order chi connectivity index (χ1) is 13.8. The highest BCUT2D eigenvalue weighted by Gasteiger charge is 2.27. The summed E-state index contributed by atoms with van der Waals surface area (Å²) in [7, 11) is 0. The summed E-state index contributed by atoms with van der Waals surface area (Å²) in [6.07, 6.45) is 0.804. The van der Waals surface area contributed by atoms with Gasteiger partial charge in [0, 0.05) is 12.6 Å². The van der Waals surface area contributed by atoms with Gasteiger partial charge in [0.25, 0.3) is 5.91 Å². The average molecular weight is 400 g/mol. The van der Waals surface area contributed by atoms with Gasteiger partial charge in [-0.1, -0.05) is 36.8 Å². The van der Waals surface area contributed by atoms with Crippen molar-refractivity contribution in [2.75, 3.05) is 6.61 Å². The van der Waals surface area contributed by atoms with Crippen molar-refractivity contribution in [3.8, 4) is 5.75 Å². The molecule has 2 rings (SSSR count). The van der Waals surface area contributed by atoms with Crippen LogP contribution in [0.15, 0.2) is 48.5 Å². The highest BCUT2D eigenvalue weighted by Crippen LogP contribution is 2.14. The van der Waals surface area contributed by atoms with Crippen LogP contribution in [0, 0.1) is 12.7 Å². The van der Waals surface area contributed by atoms with E-state index in [4.69, 9.17) is 4.74 Å². The first-order valence-electron chi connectivity index (χ1n) is 9.84. The Morgan fingerprint density at radius 2 is 1.83 bits per heavy atom. The van der Waals surface area contributed by atoms with Crippen molar-refractivity contribution in [2.45, 2.75) is 52.7 Å². The predicted octanol–water partition coefficient (Wildman–Crippen LogP) is 3.84. The Kier molecular flexibility index (Phi) is 8.19. The van der Waals surface area contributed by atoms with Gasteiger partial charge in [-0.25, -0.2) is 4.39 Å². The van der Waals surface area contributed by atoms with Crippen molar-refractivity contribution in [1.29, 1.82) is 0 Å². The maximum absolute atomic E-state index is 13.0. The van der Waals surface area contributed by atoms with Crippen LogP contribution in [0.3, 0.4) is 0 Å². The third kappa shape index (κ3) is 6.89. The fourth-order valence-electron chi connectivity index (χ4n) is 2.81. The second-order valence-electron chi connectivity index (χ2n) is 7.25. The molecule has 2 aromatic rings. The number of rotatable bonds is 9. The molecular weight excluding hydrogens is 371 g/mol. The number of ether oxygens (including phenoxy) is 1. The maximum Gasteiger partial charge on any atom is 0.261 e. The van der Waals surface area contributed by atoms with Crippen LogP contribution >= 0.6 is 0 Å². The molecule has 0 aliphatic carbocycles. The molecule has 6 heteroatoms. The monoisotopic (exact) mass is 400 g/mol. The van der Waals surface area contributed by atoms with E-state index in [9.17, 15) is 14.0 Å². The van der Waals surface area contributed by atoms with Crippen molar-refractivity contribution in [2.24, 2.45) is 0 Å². The summed E-state index contributed by atoms with van der Waals surface area (Å²) in [6, 6.07) is 12.6. The Hall–Kier alpha value is -2.89. The number of hydrogen-bond acceptors (Lipinski definition) is 3. The van der Waals surface area contributed by atoms with E-state index in [1.165, 1.54) is 29.2 Å². The maximum atomic E-state index is 13.0. The summed E-state index contributed by atoms with van der Waals surface area (Å²) < 4.78 is 18.5. The summed E-state index contributed by atoms with van der Waals surface area (Å²) in [5.74, 6) is -0.503. The normalized spacial score (nSPS) is 12.7. The number of halogens is 1. The van der Waals surface area contributed by atoms with Crippen LogP contribution in [-0.4, -0.2) is 35.4 Å². The minimum atomic E-state index is -0.658. The van der Waals surface area contributed by atoms with Crippen LogP contribution in [0.5, 0.6) is 5.75 Å². The van der Waals surface area contributed by atoms with Crippen molar-refractivity contribution < 1.29 is 18.7 Å². The summed E-state index contributed by atoms with van der Waals surface area (Å²) in [4.78, 5) is 27.1. The number of carbonyl (C=O) groups excluding carboxylic acids is 2. The molecule has 0 saturated carbocycles. The fraction of sp³-hybridized carbons (Fsp3) is 0.391. The van der Waals surface area contributed by atoms with Gasteiger partial charge >= 0.3 is 0 Å². The first-order valence-corrected chi connectivity index (χ1v) is 9.84. The molecule has 0 aliphatic rings. The lowest BCUT2D eigenvalue weighted by Crippen LogP contribution is -2.50. The molecule has 5 nitrogen and oxygen atoms in total. The molecule has 29 heavy (non-hydrogen) atoms. The Bertz CT molecular complexity index is 823. The molecule has 0 heterocycles. The number of amides is 2. The van der Waals surface area contributed by atoms with Crippen molar-refractivity contribution >= 4 is 11.8 Å². The molecule has 0 aliphatic heterocycles. The topological polar surface area (TPSA) is 58.6 Å². The van der Waals surface area contributed by atoms with Crippen molar-refractivity contribution in [1.82, 2.24) is 10.2 Å². The van der Waals surface area contributed by atoms with Crippen LogP contribution < -0.4 is 10.1 Å². The zero-order chi connectivity index (χ0) is 21.4. The largest absolute Gasteiger partial charge is 0.484 e. The van der Waals surface area contributed by atoms with Gasteiger partial charge in [0.05, 0.1) is 0 Å². The molecule has 156 valence electrons. The minimum absolute atomic E-state index is 0.0244. The van der Waals surface area contributed by atoms with Gasteiger partial charge in [-0.15, -0.1) is 0 Å². The summed E-state index contributed by atoms with van der Waals surface area (Å²) in [5.41, 5.74) is 2.01. The number of carbonyl (C=O) groups is 2. The lowest BCUT2D eigenvalue weighted by atomic mass is 10.1. The zero-order valence-corrected chi connectivity index (χ0v) is 17.4. The van der Waals surface area contributed by atoms with E-state index >= 15 is 0 Å². The third-order valence-electron chi connectivity index (χ3n) is 4.78. The van der Waals surface area contributed by atoms with E-state index in [-0.39, 0.29) is 30.3 Å². The van der Waals surface area contributed by atoms with Gasteiger partial charge in [-0.3, -0.25) is 9.59 Å². The van der Waals surface area contributed by atoms with E-state index in [2.05, 4.69) is 5.32 Å². The van der Waals surface area contributed by atoms with E-state index in [1.54, 1.807) is 6.92 Å². The first kappa shape index (κ1) is 22.4. The SMILES string of the molecule is CC[C@H](C)NC(=O)[C@@H](C)N(Cc1cccc(C)c1)C(=O)COc1ccc(F)cc1. The van der Waals surface area contributed by atoms with Gasteiger partial charge in [-0.05, 0) is 57.0 Å². The average Bonchev–Trinajstić information content (AvgIpc) is 2.70. The molecule has 1 N–H and O–H groups in total. The molecule has 2 atom stereocenters. The summed E-state index contributed by atoms with van der Waals surface area (Å²) in [6.45, 7) is 7.66. The van der Waals surface area contributed by atoms with Crippen LogP contribution in [0.4, 0.5) is 4.39 Å². The van der Waals surface area contributed by atoms with Crippen LogP contribution in [0.1, 0.15) is 38.3 Å². The molecule has 0 saturated heterocycles. The number of nitrogens with zero attached hydrogens (tertiary/aromatic N) is 1. The molecule has 2 aromatic carbocycles. The number of hydrogen-bond donors (Lipinski definition) is 1. The minimum Gasteiger partial charge on any atom is -0.484 e. The highest BCUT2D eigenvalue weighted by atomic mass is 19.1. The second kappa shape index (κ2) is 10.6. The Morgan fingerprint density at radius 1 is 1.14 bits per heavy atom. The fourth-order valence-corrected chi connectivity index (χ4v) is 2.81. The van der Waals surface area contributed by atoms with Gasteiger partial charge < -0.3 is 15.0 Å². The van der Waals surface area contributed by atoms with E-state index in [0.29, 0.717) is 12.3 Å². The highest BCUT2D eigenvalue weighted by molar-refractivity contribution is 5.88. The molecule has 0 radical (unpaired) electrons. The lowest BCUT2D eigenvalue weighted by molar-refractivity contribution is -0.142. The zero-order valence-electron chi connectivity index (χ0n) is 17.4. The van der Waals surface area contributed by atoms with Gasteiger partial charge in [0.2, 0.25) is 5.91 Å². The molecule has 0 unspecified atom stereocenters. The van der Waals surface area contributed by atoms with Crippen molar-refractivity contribution in [3.63, 3.8) is 0 Å². The van der Waals surface area contributed by atoms with E-state index < -0.39 is 6.04 Å². The van der Waals surface area contributed by atoms with Gasteiger partial charge in [0.1, 0.15) is 17.6 Å². The Balaban J connectivity index is 2.14. The predicted molar refractivity (Wildman–Crippen MR) is 111 cm³/mol. The van der Waals surface area contributed by atoms with Gasteiger partial charge in [-0.2, -0.15) is 0 Å². The molecule has 0 aromatic heterocycles. The number of aryl methyl sites for hydroxylation is 1. The smallest absolute Gasteiger partial charge is 0.261 e. The molecule has 0 spiro atoms. The third-order valence-corrected chi connectivity index (χ3v) is 4.78. The van der Waals surface area contributed by atoms with Crippen LogP contribution in [-0.2, 0) is 16.1 Å². The Labute approximate surface area is 171 Å². The van der Waals surface area contributed by atoms with E-state index in [0.717, 1.165) is 17.5 Å². The summed E-state index contributed by atoms with van der Waals surface area (Å²) in [5, 5.41) is 2.93. The number of nitrogens with one attached hydrogen (secondary N) is 1. The van der Waals surface area contributed by atoms with Crippen LogP contribution in [0.25, 0.3) is 0 Å². The molecular formula is C23H29FN2O3.